The topological polar surface area (TPSA) is 83.8 Å². The molecule has 1 atom stereocenters. The van der Waals surface area contributed by atoms with Gasteiger partial charge in [0.15, 0.2) is 0 Å². The third-order valence-corrected chi connectivity index (χ3v) is 7.15. The molecule has 5 heterocycles. The molecule has 37 heavy (non-hydrogen) atoms. The molecule has 0 spiro atoms. The Balaban J connectivity index is 1.36. The zero-order valence-corrected chi connectivity index (χ0v) is 20.9. The van der Waals surface area contributed by atoms with E-state index >= 15 is 0 Å². The van der Waals surface area contributed by atoms with Crippen LogP contribution in [0.4, 0.5) is 15.9 Å². The molecule has 0 aliphatic carbocycles. The van der Waals surface area contributed by atoms with E-state index < -0.39 is 0 Å². The zero-order valence-electron chi connectivity index (χ0n) is 20.9. The largest absolute Gasteiger partial charge is 0.381 e. The number of rotatable bonds is 7. The van der Waals surface area contributed by atoms with Gasteiger partial charge in [-0.2, -0.15) is 0 Å². The number of benzene rings is 1. The van der Waals surface area contributed by atoms with Crippen molar-refractivity contribution in [3.8, 4) is 11.3 Å². The highest BCUT2D eigenvalue weighted by Crippen LogP contribution is 2.36. The maximum Gasteiger partial charge on any atom is 0.254 e. The Labute approximate surface area is 214 Å². The predicted molar refractivity (Wildman–Crippen MR) is 140 cm³/mol. The Hall–Kier alpha value is -3.82. The van der Waals surface area contributed by atoms with Gasteiger partial charge in [-0.25, -0.2) is 14.4 Å². The number of hydrogen-bond acceptors (Lipinski definition) is 6. The number of halogens is 1. The fourth-order valence-electron chi connectivity index (χ4n) is 5.25. The number of carbonyl (C=O) groups excluding carboxylic acids is 1. The first-order chi connectivity index (χ1) is 18.0. The van der Waals surface area contributed by atoms with Crippen LogP contribution in [-0.2, 0) is 17.7 Å². The number of pyridine rings is 2. The molecule has 4 aromatic rings. The van der Waals surface area contributed by atoms with Crippen LogP contribution in [0, 0.1) is 5.82 Å². The lowest BCUT2D eigenvalue weighted by Gasteiger charge is -2.18. The second kappa shape index (κ2) is 9.57. The normalized spacial score (nSPS) is 17.0. The minimum Gasteiger partial charge on any atom is -0.381 e. The van der Waals surface area contributed by atoms with Crippen LogP contribution in [0.3, 0.4) is 0 Å². The number of anilines is 2. The van der Waals surface area contributed by atoms with Gasteiger partial charge in [0.25, 0.3) is 5.91 Å². The minimum atomic E-state index is -0.338. The summed E-state index contributed by atoms with van der Waals surface area (Å²) in [7, 11) is 4.12. The predicted octanol–water partition coefficient (Wildman–Crippen LogP) is 4.13. The van der Waals surface area contributed by atoms with Gasteiger partial charge in [-0.3, -0.25) is 9.20 Å². The van der Waals surface area contributed by atoms with Crippen LogP contribution >= 0.6 is 0 Å². The average molecular weight is 501 g/mol. The fraction of sp³-hybridized carbons (Fsp3) is 0.321. The number of likely N-dealkylation sites (N-methyl/N-ethyl adjacent to an activating group) is 1. The van der Waals surface area contributed by atoms with Gasteiger partial charge >= 0.3 is 0 Å². The molecular formula is C28H29FN6O2. The van der Waals surface area contributed by atoms with Gasteiger partial charge in [0, 0.05) is 55.6 Å². The number of carbonyl (C=O) groups is 1. The third-order valence-electron chi connectivity index (χ3n) is 7.15. The van der Waals surface area contributed by atoms with E-state index in [-0.39, 0.29) is 11.7 Å². The van der Waals surface area contributed by atoms with Crippen LogP contribution in [0.5, 0.6) is 0 Å². The summed E-state index contributed by atoms with van der Waals surface area (Å²) in [6, 6.07) is 10.8. The second-order valence-corrected chi connectivity index (χ2v) is 9.88. The Kier molecular flexibility index (Phi) is 6.10. The van der Waals surface area contributed by atoms with Gasteiger partial charge < -0.3 is 20.3 Å². The van der Waals surface area contributed by atoms with Gasteiger partial charge in [0.1, 0.15) is 17.3 Å². The lowest BCUT2D eigenvalue weighted by atomic mass is 9.95. The molecule has 190 valence electrons. The summed E-state index contributed by atoms with van der Waals surface area (Å²) in [4.78, 5) is 24.4. The molecule has 2 aliphatic heterocycles. The van der Waals surface area contributed by atoms with E-state index in [2.05, 4.69) is 40.7 Å². The Morgan fingerprint density at radius 2 is 2.14 bits per heavy atom. The highest BCUT2D eigenvalue weighted by atomic mass is 19.1. The first-order valence-electron chi connectivity index (χ1n) is 12.5. The first-order valence-corrected chi connectivity index (χ1v) is 12.5. The van der Waals surface area contributed by atoms with Crippen LogP contribution in [-0.4, -0.2) is 59.0 Å². The molecule has 1 fully saturated rings. The maximum atomic E-state index is 13.7. The van der Waals surface area contributed by atoms with E-state index in [9.17, 15) is 9.18 Å². The Morgan fingerprint density at radius 3 is 2.95 bits per heavy atom. The molecule has 1 unspecified atom stereocenters. The van der Waals surface area contributed by atoms with Crippen molar-refractivity contribution in [1.82, 2.24) is 24.6 Å². The fourth-order valence-corrected chi connectivity index (χ4v) is 5.25. The molecule has 6 rings (SSSR count). The number of ether oxygens (including phenoxy) is 1. The van der Waals surface area contributed by atoms with Gasteiger partial charge in [0.05, 0.1) is 29.7 Å². The molecule has 2 N–H and O–H groups in total. The molecule has 1 saturated heterocycles. The minimum absolute atomic E-state index is 0.133. The molecule has 8 nitrogen and oxygen atoms in total. The van der Waals surface area contributed by atoms with Crippen LogP contribution in [0.1, 0.15) is 39.5 Å². The van der Waals surface area contributed by atoms with E-state index in [0.29, 0.717) is 35.2 Å². The summed E-state index contributed by atoms with van der Waals surface area (Å²) < 4.78 is 21.1. The molecule has 9 heteroatoms. The van der Waals surface area contributed by atoms with E-state index in [1.807, 2.05) is 22.6 Å². The molecule has 1 amide bonds. The smallest absolute Gasteiger partial charge is 0.254 e. The maximum absolute atomic E-state index is 13.7. The van der Waals surface area contributed by atoms with E-state index in [1.54, 1.807) is 12.4 Å². The zero-order chi connectivity index (χ0) is 25.5. The second-order valence-electron chi connectivity index (χ2n) is 9.88. The van der Waals surface area contributed by atoms with Crippen molar-refractivity contribution in [2.45, 2.75) is 25.3 Å². The number of hydrogen-bond donors (Lipinski definition) is 2. The highest BCUT2D eigenvalue weighted by molar-refractivity contribution is 6.06. The first kappa shape index (κ1) is 23.6. The van der Waals surface area contributed by atoms with Gasteiger partial charge in [-0.05, 0) is 49.8 Å². The summed E-state index contributed by atoms with van der Waals surface area (Å²) in [6.45, 7) is 2.82. The number of nitrogens with zero attached hydrogens (tertiary/aromatic N) is 4. The Bertz CT molecular complexity index is 1490. The lowest BCUT2D eigenvalue weighted by Crippen LogP contribution is -2.18. The van der Waals surface area contributed by atoms with Crippen molar-refractivity contribution >= 4 is 23.1 Å². The SMILES string of the molecule is CN(C)CCc1nc(Nc2ccc(-c3cnc4cc(F)ccn34)c3c2C(=O)NC3)ccc1C1CCOC1. The summed E-state index contributed by atoms with van der Waals surface area (Å²) in [5.74, 6) is 0.602. The number of imidazole rings is 1. The van der Waals surface area contributed by atoms with Crippen molar-refractivity contribution in [3.63, 3.8) is 0 Å². The molecule has 0 bridgehead atoms. The number of fused-ring (bicyclic) bond motifs is 2. The molecule has 1 aromatic carbocycles. The van der Waals surface area contributed by atoms with Crippen LogP contribution < -0.4 is 10.6 Å². The summed E-state index contributed by atoms with van der Waals surface area (Å²) >= 11 is 0. The van der Waals surface area contributed by atoms with Crippen molar-refractivity contribution < 1.29 is 13.9 Å². The molecule has 0 saturated carbocycles. The van der Waals surface area contributed by atoms with Crippen molar-refractivity contribution in [2.75, 3.05) is 39.2 Å². The number of nitrogens with one attached hydrogen (secondary N) is 2. The Morgan fingerprint density at radius 1 is 1.24 bits per heavy atom. The molecule has 0 radical (unpaired) electrons. The number of amides is 1. The van der Waals surface area contributed by atoms with E-state index in [4.69, 9.17) is 9.72 Å². The van der Waals surface area contributed by atoms with E-state index in [1.165, 1.54) is 17.7 Å². The van der Waals surface area contributed by atoms with E-state index in [0.717, 1.165) is 55.1 Å². The van der Waals surface area contributed by atoms with Crippen molar-refractivity contribution in [1.29, 1.82) is 0 Å². The molecule has 3 aromatic heterocycles. The quantitative estimate of drug-likeness (QED) is 0.397. The summed E-state index contributed by atoms with van der Waals surface area (Å²) in [5, 5.41) is 6.36. The van der Waals surface area contributed by atoms with Crippen molar-refractivity contribution in [2.24, 2.45) is 0 Å². The monoisotopic (exact) mass is 500 g/mol. The average Bonchev–Trinajstić information content (AvgIpc) is 3.64. The van der Waals surface area contributed by atoms with Gasteiger partial charge in [-0.15, -0.1) is 0 Å². The molecular weight excluding hydrogens is 471 g/mol. The van der Waals surface area contributed by atoms with Gasteiger partial charge in [-0.1, -0.05) is 12.1 Å². The van der Waals surface area contributed by atoms with Crippen LogP contribution in [0.25, 0.3) is 16.9 Å². The third kappa shape index (κ3) is 4.45. The summed E-state index contributed by atoms with van der Waals surface area (Å²) in [5.41, 5.74) is 6.70. The van der Waals surface area contributed by atoms with Crippen molar-refractivity contribution in [3.05, 3.63) is 77.0 Å². The number of aromatic nitrogens is 3. The van der Waals surface area contributed by atoms with Gasteiger partial charge in [0.2, 0.25) is 0 Å². The highest BCUT2D eigenvalue weighted by Gasteiger charge is 2.28. The lowest BCUT2D eigenvalue weighted by molar-refractivity contribution is 0.0966. The van der Waals surface area contributed by atoms with Crippen LogP contribution in [0.2, 0.25) is 0 Å². The standard InChI is InChI=1S/C28H29FN6O2/c1-34(2)10-8-22-19(17-9-12-37-16-17)4-6-25(32-22)33-23-5-3-20(21-14-31-28(36)27(21)23)24-15-30-26-13-18(29)7-11-35(24)26/h3-7,11,13,15,17H,8-10,12,14,16H2,1-2H3,(H,31,36)(H,32,33). The molecule has 2 aliphatic rings. The van der Waals surface area contributed by atoms with Crippen LogP contribution in [0.15, 0.2) is 48.8 Å². The summed E-state index contributed by atoms with van der Waals surface area (Å²) in [6.07, 6.45) is 5.21.